The van der Waals surface area contributed by atoms with Crippen LogP contribution in [0.15, 0.2) is 22.7 Å². The molecule has 72 valence electrons. The van der Waals surface area contributed by atoms with Crippen LogP contribution in [0, 0.1) is 0 Å². The Kier molecular flexibility index (Phi) is 4.23. The van der Waals surface area contributed by atoms with Crippen LogP contribution in [0.4, 0.5) is 0 Å². The second-order valence-electron chi connectivity index (χ2n) is 3.29. The summed E-state index contributed by atoms with van der Waals surface area (Å²) in [5, 5.41) is 0.772. The first kappa shape index (κ1) is 11.0. The van der Waals surface area contributed by atoms with E-state index in [0.29, 0.717) is 0 Å². The van der Waals surface area contributed by atoms with Gasteiger partial charge < -0.3 is 5.73 Å². The normalized spacial score (nSPS) is 12.9. The van der Waals surface area contributed by atoms with Gasteiger partial charge in [0.15, 0.2) is 0 Å². The lowest BCUT2D eigenvalue weighted by molar-refractivity contribution is 0.666. The van der Waals surface area contributed by atoms with Gasteiger partial charge in [0.25, 0.3) is 0 Å². The predicted octanol–water partition coefficient (Wildman–Crippen LogP) is 3.38. The van der Waals surface area contributed by atoms with E-state index in [1.165, 1.54) is 5.56 Å². The second kappa shape index (κ2) is 4.99. The molecule has 0 heterocycles. The van der Waals surface area contributed by atoms with E-state index in [2.05, 4.69) is 22.0 Å². The monoisotopic (exact) mass is 261 g/mol. The highest BCUT2D eigenvalue weighted by atomic mass is 79.9. The molecule has 13 heavy (non-hydrogen) atoms. The van der Waals surface area contributed by atoms with Gasteiger partial charge in [-0.3, -0.25) is 0 Å². The van der Waals surface area contributed by atoms with Crippen LogP contribution in [0.25, 0.3) is 0 Å². The molecule has 0 aliphatic carbocycles. The molecule has 1 rings (SSSR count). The minimum absolute atomic E-state index is 0.248. The minimum atomic E-state index is 0.248. The first-order valence-corrected chi connectivity index (χ1v) is 5.45. The predicted molar refractivity (Wildman–Crippen MR) is 61.1 cm³/mol. The highest BCUT2D eigenvalue weighted by molar-refractivity contribution is 9.10. The number of hydrogen-bond donors (Lipinski definition) is 1. The van der Waals surface area contributed by atoms with Crippen molar-refractivity contribution >= 4 is 27.5 Å². The van der Waals surface area contributed by atoms with Gasteiger partial charge in [-0.2, -0.15) is 0 Å². The first-order valence-electron chi connectivity index (χ1n) is 4.28. The molecule has 0 saturated carbocycles. The third kappa shape index (κ3) is 4.12. The van der Waals surface area contributed by atoms with Crippen LogP contribution in [0.2, 0.25) is 5.02 Å². The molecule has 0 unspecified atom stereocenters. The Labute approximate surface area is 92.4 Å². The van der Waals surface area contributed by atoms with Gasteiger partial charge in [-0.15, -0.1) is 0 Å². The van der Waals surface area contributed by atoms with Crippen LogP contribution in [-0.2, 0) is 6.42 Å². The summed E-state index contributed by atoms with van der Waals surface area (Å²) in [4.78, 5) is 0. The molecule has 1 aromatic carbocycles. The number of nitrogens with two attached hydrogens (primary N) is 1. The Morgan fingerprint density at radius 3 is 2.69 bits per heavy atom. The largest absolute Gasteiger partial charge is 0.328 e. The van der Waals surface area contributed by atoms with E-state index in [9.17, 15) is 0 Å². The number of hydrogen-bond acceptors (Lipinski definition) is 1. The molecule has 0 saturated heterocycles. The average Bonchev–Trinajstić information content (AvgIpc) is 1.99. The lowest BCUT2D eigenvalue weighted by Gasteiger charge is -2.05. The summed E-state index contributed by atoms with van der Waals surface area (Å²) in [7, 11) is 0. The van der Waals surface area contributed by atoms with Crippen LogP contribution in [-0.4, -0.2) is 6.04 Å². The van der Waals surface area contributed by atoms with E-state index in [1.807, 2.05) is 19.1 Å². The summed E-state index contributed by atoms with van der Waals surface area (Å²) in [6.07, 6.45) is 1.98. The maximum absolute atomic E-state index is 5.90. The van der Waals surface area contributed by atoms with Crippen molar-refractivity contribution in [3.8, 4) is 0 Å². The molecule has 0 spiro atoms. The van der Waals surface area contributed by atoms with E-state index in [0.717, 1.165) is 22.3 Å². The van der Waals surface area contributed by atoms with Crippen molar-refractivity contribution in [2.45, 2.75) is 25.8 Å². The quantitative estimate of drug-likeness (QED) is 0.888. The number of rotatable bonds is 3. The molecule has 0 radical (unpaired) electrons. The third-order valence-corrected chi connectivity index (χ3v) is 2.49. The lowest BCUT2D eigenvalue weighted by atomic mass is 10.1. The van der Waals surface area contributed by atoms with Gasteiger partial charge in [-0.05, 0) is 43.5 Å². The highest BCUT2D eigenvalue weighted by Crippen LogP contribution is 2.20. The zero-order chi connectivity index (χ0) is 9.84. The van der Waals surface area contributed by atoms with Crippen molar-refractivity contribution in [2.75, 3.05) is 0 Å². The SMILES string of the molecule is C[C@@H](N)CCc1cc(Cl)cc(Br)c1. The Morgan fingerprint density at radius 1 is 1.46 bits per heavy atom. The fourth-order valence-corrected chi connectivity index (χ4v) is 2.08. The van der Waals surface area contributed by atoms with E-state index in [1.54, 1.807) is 0 Å². The Balaban J connectivity index is 2.66. The van der Waals surface area contributed by atoms with E-state index in [4.69, 9.17) is 17.3 Å². The summed E-state index contributed by atoms with van der Waals surface area (Å²) in [5.41, 5.74) is 6.90. The van der Waals surface area contributed by atoms with Crippen LogP contribution in [0.5, 0.6) is 0 Å². The molecule has 0 amide bonds. The van der Waals surface area contributed by atoms with Crippen LogP contribution >= 0.6 is 27.5 Å². The Hall–Kier alpha value is -0.0500. The first-order chi connectivity index (χ1) is 6.08. The molecule has 0 bridgehead atoms. The van der Waals surface area contributed by atoms with E-state index >= 15 is 0 Å². The Morgan fingerprint density at radius 2 is 2.15 bits per heavy atom. The summed E-state index contributed by atoms with van der Waals surface area (Å²) in [6, 6.07) is 6.19. The van der Waals surface area contributed by atoms with Gasteiger partial charge in [0.1, 0.15) is 0 Å². The fourth-order valence-electron chi connectivity index (χ4n) is 1.15. The van der Waals surface area contributed by atoms with Gasteiger partial charge in [0.05, 0.1) is 0 Å². The molecule has 0 aliphatic rings. The molecule has 1 nitrogen and oxygen atoms in total. The van der Waals surface area contributed by atoms with Crippen molar-refractivity contribution in [3.05, 3.63) is 33.3 Å². The minimum Gasteiger partial charge on any atom is -0.328 e. The summed E-state index contributed by atoms with van der Waals surface area (Å²) in [6.45, 7) is 2.01. The van der Waals surface area contributed by atoms with Crippen molar-refractivity contribution in [1.82, 2.24) is 0 Å². The van der Waals surface area contributed by atoms with Crippen LogP contribution in [0.1, 0.15) is 18.9 Å². The molecular weight excluding hydrogens is 249 g/mol. The average molecular weight is 263 g/mol. The highest BCUT2D eigenvalue weighted by Gasteiger charge is 1.99. The molecule has 3 heteroatoms. The molecule has 1 atom stereocenters. The topological polar surface area (TPSA) is 26.0 Å². The Bertz CT molecular complexity index is 266. The fraction of sp³-hybridized carbons (Fsp3) is 0.400. The van der Waals surface area contributed by atoms with Gasteiger partial charge >= 0.3 is 0 Å². The number of benzene rings is 1. The maximum Gasteiger partial charge on any atom is 0.0419 e. The second-order valence-corrected chi connectivity index (χ2v) is 4.65. The van der Waals surface area contributed by atoms with Crippen molar-refractivity contribution in [3.63, 3.8) is 0 Å². The maximum atomic E-state index is 5.90. The molecular formula is C10H13BrClN. The lowest BCUT2D eigenvalue weighted by Crippen LogP contribution is -2.15. The standard InChI is InChI=1S/C10H13BrClN/c1-7(13)2-3-8-4-9(11)6-10(12)5-8/h4-7H,2-3,13H2,1H3/t7-/m1/s1. The zero-order valence-corrected chi connectivity index (χ0v) is 9.90. The molecule has 2 N–H and O–H groups in total. The van der Waals surface area contributed by atoms with Crippen molar-refractivity contribution in [2.24, 2.45) is 5.73 Å². The van der Waals surface area contributed by atoms with Gasteiger partial charge in [0.2, 0.25) is 0 Å². The third-order valence-electron chi connectivity index (χ3n) is 1.81. The van der Waals surface area contributed by atoms with Crippen molar-refractivity contribution in [1.29, 1.82) is 0 Å². The van der Waals surface area contributed by atoms with Crippen molar-refractivity contribution < 1.29 is 0 Å². The van der Waals surface area contributed by atoms with E-state index in [-0.39, 0.29) is 6.04 Å². The smallest absolute Gasteiger partial charge is 0.0419 e. The van der Waals surface area contributed by atoms with Gasteiger partial charge in [0, 0.05) is 15.5 Å². The van der Waals surface area contributed by atoms with Gasteiger partial charge in [-0.25, -0.2) is 0 Å². The number of aryl methyl sites for hydroxylation is 1. The van der Waals surface area contributed by atoms with Gasteiger partial charge in [-0.1, -0.05) is 27.5 Å². The van der Waals surface area contributed by atoms with E-state index < -0.39 is 0 Å². The zero-order valence-electron chi connectivity index (χ0n) is 7.56. The van der Waals surface area contributed by atoms with Crippen LogP contribution < -0.4 is 5.73 Å². The molecule has 1 aromatic rings. The summed E-state index contributed by atoms with van der Waals surface area (Å²) in [5.74, 6) is 0. The molecule has 0 aromatic heterocycles. The summed E-state index contributed by atoms with van der Waals surface area (Å²) < 4.78 is 1.03. The molecule has 0 aliphatic heterocycles. The van der Waals surface area contributed by atoms with Crippen LogP contribution in [0.3, 0.4) is 0 Å². The summed E-state index contributed by atoms with van der Waals surface area (Å²) >= 11 is 9.31. The number of halogens is 2. The molecule has 0 fully saturated rings.